The van der Waals surface area contributed by atoms with Crippen LogP contribution < -0.4 is 0 Å². The lowest BCUT2D eigenvalue weighted by Gasteiger charge is -2.17. The lowest BCUT2D eigenvalue weighted by atomic mass is 9.91. The van der Waals surface area contributed by atoms with Crippen molar-refractivity contribution < 1.29 is 0 Å². The van der Waals surface area contributed by atoms with E-state index in [2.05, 4.69) is 182 Å². The number of nitrogens with zero attached hydrogens (tertiary/aromatic N) is 2. The van der Waals surface area contributed by atoms with Gasteiger partial charge in [0.2, 0.25) is 0 Å². The summed E-state index contributed by atoms with van der Waals surface area (Å²) >= 11 is 0. The molecule has 0 aliphatic heterocycles. The lowest BCUT2D eigenvalue weighted by molar-refractivity contribution is 1.05. The van der Waals surface area contributed by atoms with Gasteiger partial charge in [-0.25, -0.2) is 0 Å². The number of aryl methyl sites for hydroxylation is 2. The Morgan fingerprint density at radius 1 is 0.296 bits per heavy atom. The van der Waals surface area contributed by atoms with Gasteiger partial charge in [0.25, 0.3) is 0 Å². The summed E-state index contributed by atoms with van der Waals surface area (Å²) in [6.45, 7) is 9.13. The van der Waals surface area contributed by atoms with Gasteiger partial charge >= 0.3 is 0 Å². The molecule has 2 heterocycles. The van der Waals surface area contributed by atoms with E-state index < -0.39 is 0 Å². The minimum atomic E-state index is 1.20. The van der Waals surface area contributed by atoms with Gasteiger partial charge in [-0.3, -0.25) is 0 Å². The van der Waals surface area contributed by atoms with Gasteiger partial charge in [0.15, 0.2) is 0 Å². The number of rotatable bonds is 2. The van der Waals surface area contributed by atoms with E-state index in [0.29, 0.717) is 0 Å². The Bertz CT molecular complexity index is 3350. The second-order valence-electron chi connectivity index (χ2n) is 15.5. The molecule has 2 heteroatoms. The Morgan fingerprint density at radius 2 is 0.648 bits per heavy atom. The van der Waals surface area contributed by atoms with E-state index >= 15 is 0 Å². The summed E-state index contributed by atoms with van der Waals surface area (Å²) in [6.07, 6.45) is 0. The van der Waals surface area contributed by atoms with Crippen molar-refractivity contribution in [2.75, 3.05) is 0 Å². The largest absolute Gasteiger partial charge is 0.313 e. The molecule has 0 unspecified atom stereocenters. The first-order valence-electron chi connectivity index (χ1n) is 19.0. The third-order valence-electron chi connectivity index (χ3n) is 12.7. The summed E-state index contributed by atoms with van der Waals surface area (Å²) in [7, 11) is 0. The predicted octanol–water partition coefficient (Wildman–Crippen LogP) is 14.3. The minimum Gasteiger partial charge on any atom is -0.313 e. The predicted molar refractivity (Wildman–Crippen MR) is 233 cm³/mol. The van der Waals surface area contributed by atoms with E-state index in [-0.39, 0.29) is 0 Å². The molecule has 12 rings (SSSR count). The maximum Gasteiger partial charge on any atom is 0.0613 e. The van der Waals surface area contributed by atoms with Crippen molar-refractivity contribution in [3.63, 3.8) is 0 Å². The molecule has 0 radical (unpaired) electrons. The van der Waals surface area contributed by atoms with Crippen LogP contribution in [0.25, 0.3) is 109 Å². The number of aromatic nitrogens is 2. The van der Waals surface area contributed by atoms with E-state index in [4.69, 9.17) is 0 Å². The van der Waals surface area contributed by atoms with Gasteiger partial charge in [-0.2, -0.15) is 0 Å². The van der Waals surface area contributed by atoms with Gasteiger partial charge in [-0.15, -0.1) is 0 Å². The van der Waals surface area contributed by atoms with Crippen LogP contribution in [0.2, 0.25) is 0 Å². The zero-order valence-corrected chi connectivity index (χ0v) is 30.8. The molecule has 0 spiro atoms. The van der Waals surface area contributed by atoms with Crippen molar-refractivity contribution in [1.82, 2.24) is 9.13 Å². The second-order valence-corrected chi connectivity index (χ2v) is 15.5. The topological polar surface area (TPSA) is 9.86 Å². The molecule has 0 amide bonds. The van der Waals surface area contributed by atoms with Crippen molar-refractivity contribution in [3.05, 3.63) is 168 Å². The fourth-order valence-electron chi connectivity index (χ4n) is 9.81. The fraction of sp³-hybridized carbons (Fsp3) is 0.0769. The van der Waals surface area contributed by atoms with E-state index in [9.17, 15) is 0 Å². The first kappa shape index (κ1) is 29.9. The van der Waals surface area contributed by atoms with Crippen LogP contribution in [0.3, 0.4) is 0 Å². The summed E-state index contributed by atoms with van der Waals surface area (Å²) in [4.78, 5) is 0. The molecule has 0 bridgehead atoms. The van der Waals surface area contributed by atoms with Crippen LogP contribution in [0.4, 0.5) is 0 Å². The Hall–Kier alpha value is -6.64. The number of fused-ring (bicyclic) bond motifs is 8. The molecule has 0 saturated carbocycles. The van der Waals surface area contributed by atoms with Crippen LogP contribution >= 0.6 is 0 Å². The minimum absolute atomic E-state index is 1.20. The highest BCUT2D eigenvalue weighted by Gasteiger charge is 2.23. The normalized spacial score (nSPS) is 12.4. The fourth-order valence-corrected chi connectivity index (χ4v) is 9.81. The van der Waals surface area contributed by atoms with E-state index in [0.717, 1.165) is 0 Å². The van der Waals surface area contributed by atoms with Gasteiger partial charge in [0.05, 0.1) is 11.0 Å². The third-order valence-corrected chi connectivity index (χ3v) is 12.7. The van der Waals surface area contributed by atoms with Crippen molar-refractivity contribution in [2.45, 2.75) is 27.7 Å². The smallest absolute Gasteiger partial charge is 0.0613 e. The molecule has 0 aliphatic rings. The molecule has 2 aromatic heterocycles. The van der Waals surface area contributed by atoms with Crippen LogP contribution in [0, 0.1) is 27.7 Å². The maximum atomic E-state index is 2.51. The molecule has 54 heavy (non-hydrogen) atoms. The molecule has 10 aromatic carbocycles. The Kier molecular flexibility index (Phi) is 5.81. The van der Waals surface area contributed by atoms with Crippen molar-refractivity contribution in [2.24, 2.45) is 0 Å². The second kappa shape index (κ2) is 10.5. The summed E-state index contributed by atoms with van der Waals surface area (Å²) < 4.78 is 5.02. The van der Waals surface area contributed by atoms with Gasteiger partial charge in [0, 0.05) is 44.3 Å². The highest BCUT2D eigenvalue weighted by atomic mass is 15.0. The van der Waals surface area contributed by atoms with Crippen LogP contribution in [0.5, 0.6) is 0 Å². The maximum absolute atomic E-state index is 2.51. The average molecular weight is 689 g/mol. The zero-order valence-electron chi connectivity index (χ0n) is 30.8. The quantitative estimate of drug-likeness (QED) is 0.126. The SMILES string of the molecule is Cc1c(C)n(-c2ccc3cc4ccccc4cc3c2)c2c1cc1ccc3c4c(ccc2c14)cc1c(C)c(C)n(-c2ccc4cc5ccccc5cc4c2)c13. The molecule has 0 N–H and O–H groups in total. The summed E-state index contributed by atoms with van der Waals surface area (Å²) in [6, 6.07) is 54.9. The summed E-state index contributed by atoms with van der Waals surface area (Å²) in [5.41, 5.74) is 10.2. The molecular formula is C52H36N2. The molecular weight excluding hydrogens is 653 g/mol. The Labute approximate surface area is 312 Å². The van der Waals surface area contributed by atoms with Gasteiger partial charge < -0.3 is 9.13 Å². The number of hydrogen-bond donors (Lipinski definition) is 0. The standard InChI is InChI=1S/C52H36N2/c1-29-31(3)53(43-17-13-37-21-33-9-5-7-11-35(33)23-41(37)25-43)51-45-19-16-40-28-48-30(2)32(4)54(52(48)46-20-15-39(27-47(29)51)49(45)50(40)46)44-18-14-38-22-34-10-6-8-12-36(34)24-42(38)26-44/h5-28H,1-4H3. The van der Waals surface area contributed by atoms with E-state index in [1.165, 1.54) is 131 Å². The van der Waals surface area contributed by atoms with Gasteiger partial charge in [-0.05, 0) is 164 Å². The Morgan fingerprint density at radius 3 is 1.06 bits per heavy atom. The molecule has 0 aliphatic carbocycles. The third kappa shape index (κ3) is 3.90. The molecule has 254 valence electrons. The monoisotopic (exact) mass is 688 g/mol. The zero-order chi connectivity index (χ0) is 36.0. The van der Waals surface area contributed by atoms with Crippen molar-refractivity contribution in [1.29, 1.82) is 0 Å². The van der Waals surface area contributed by atoms with E-state index in [1.807, 2.05) is 0 Å². The summed E-state index contributed by atoms with van der Waals surface area (Å²) in [5.74, 6) is 0. The first-order valence-corrected chi connectivity index (χ1v) is 19.0. The number of hydrogen-bond acceptors (Lipinski definition) is 0. The van der Waals surface area contributed by atoms with Gasteiger partial charge in [0.1, 0.15) is 0 Å². The summed E-state index contributed by atoms with van der Waals surface area (Å²) in [5, 5.41) is 20.7. The highest BCUT2D eigenvalue weighted by molar-refractivity contribution is 6.33. The highest BCUT2D eigenvalue weighted by Crippen LogP contribution is 2.45. The molecule has 0 saturated heterocycles. The van der Waals surface area contributed by atoms with Crippen LogP contribution in [-0.4, -0.2) is 9.13 Å². The molecule has 2 nitrogen and oxygen atoms in total. The van der Waals surface area contributed by atoms with E-state index in [1.54, 1.807) is 0 Å². The van der Waals surface area contributed by atoms with Gasteiger partial charge in [-0.1, -0.05) is 84.9 Å². The Balaban J connectivity index is 1.14. The lowest BCUT2D eigenvalue weighted by Crippen LogP contribution is -1.99. The molecule has 0 fully saturated rings. The van der Waals surface area contributed by atoms with Crippen molar-refractivity contribution in [3.8, 4) is 11.4 Å². The number of benzene rings is 10. The average Bonchev–Trinajstić information content (AvgIpc) is 3.61. The first-order chi connectivity index (χ1) is 26.4. The van der Waals surface area contributed by atoms with Crippen LogP contribution in [0.1, 0.15) is 22.5 Å². The molecule has 0 atom stereocenters. The molecule has 12 aromatic rings. The van der Waals surface area contributed by atoms with Crippen LogP contribution in [-0.2, 0) is 0 Å². The van der Waals surface area contributed by atoms with Crippen molar-refractivity contribution >= 4 is 97.2 Å². The van der Waals surface area contributed by atoms with Crippen LogP contribution in [0.15, 0.2) is 146 Å².